The van der Waals surface area contributed by atoms with E-state index in [1.807, 2.05) is 36.4 Å². The first-order chi connectivity index (χ1) is 16.4. The van der Waals surface area contributed by atoms with Gasteiger partial charge in [-0.15, -0.1) is 0 Å². The summed E-state index contributed by atoms with van der Waals surface area (Å²) in [7, 11) is 0. The molecule has 2 aliphatic rings. The second kappa shape index (κ2) is 9.22. The summed E-state index contributed by atoms with van der Waals surface area (Å²) in [6.07, 6.45) is 2.40. The summed E-state index contributed by atoms with van der Waals surface area (Å²) < 4.78 is 11.6. The zero-order valence-electron chi connectivity index (χ0n) is 20.1. The summed E-state index contributed by atoms with van der Waals surface area (Å²) >= 11 is 0. The lowest BCUT2D eigenvalue weighted by Gasteiger charge is -2.39. The highest BCUT2D eigenvalue weighted by Gasteiger charge is 2.36. The Morgan fingerprint density at radius 3 is 2.68 bits per heavy atom. The summed E-state index contributed by atoms with van der Waals surface area (Å²) in [5.41, 5.74) is 2.88. The van der Waals surface area contributed by atoms with E-state index in [9.17, 15) is 4.79 Å². The maximum atomic E-state index is 13.2. The molecular weight excluding hydrogens is 428 g/mol. The highest BCUT2D eigenvalue weighted by atomic mass is 16.5. The zero-order valence-corrected chi connectivity index (χ0v) is 20.1. The molecule has 3 aromatic rings. The standard InChI is InChI=1S/C27H32N4O3/c1-18-9-10-23-21(15-18)22(16-27(2,3)33-23)28-26(32)20-11-13-31(14-12-20)17-24-29-25(30-34-24)19-7-5-4-6-8-19/h4-10,15,20,22H,11-14,16-17H2,1-3H3,(H,28,32). The van der Waals surface area contributed by atoms with E-state index >= 15 is 0 Å². The summed E-state index contributed by atoms with van der Waals surface area (Å²) in [6.45, 7) is 8.49. The SMILES string of the molecule is Cc1ccc2c(c1)C(NC(=O)C1CCN(Cc3nc(-c4ccccc4)no3)CC1)CC(C)(C)O2. The van der Waals surface area contributed by atoms with Crippen molar-refractivity contribution in [1.82, 2.24) is 20.4 Å². The molecule has 0 radical (unpaired) electrons. The minimum Gasteiger partial charge on any atom is -0.487 e. The first-order valence-electron chi connectivity index (χ1n) is 12.1. The lowest BCUT2D eigenvalue weighted by atomic mass is 9.88. The fourth-order valence-electron chi connectivity index (χ4n) is 4.96. The minimum atomic E-state index is -0.313. The summed E-state index contributed by atoms with van der Waals surface area (Å²) in [4.78, 5) is 20.0. The number of fused-ring (bicyclic) bond motifs is 1. The van der Waals surface area contributed by atoms with Crippen molar-refractivity contribution in [2.24, 2.45) is 5.92 Å². The van der Waals surface area contributed by atoms with Crippen LogP contribution in [0.2, 0.25) is 0 Å². The van der Waals surface area contributed by atoms with Gasteiger partial charge >= 0.3 is 0 Å². The normalized spacial score (nSPS) is 20.4. The Kier molecular flexibility index (Phi) is 6.13. The zero-order chi connectivity index (χ0) is 23.7. The number of aryl methyl sites for hydroxylation is 1. The van der Waals surface area contributed by atoms with Crippen LogP contribution in [0.15, 0.2) is 53.1 Å². The van der Waals surface area contributed by atoms with E-state index in [0.717, 1.165) is 49.2 Å². The first kappa shape index (κ1) is 22.6. The quantitative estimate of drug-likeness (QED) is 0.596. The van der Waals surface area contributed by atoms with Crippen molar-refractivity contribution >= 4 is 5.91 Å². The lowest BCUT2D eigenvalue weighted by molar-refractivity contribution is -0.127. The predicted octanol–water partition coefficient (Wildman–Crippen LogP) is 4.68. The average Bonchev–Trinajstić information content (AvgIpc) is 3.28. The van der Waals surface area contributed by atoms with Crippen LogP contribution in [0.5, 0.6) is 5.75 Å². The van der Waals surface area contributed by atoms with Crippen molar-refractivity contribution < 1.29 is 14.1 Å². The number of amides is 1. The first-order valence-corrected chi connectivity index (χ1v) is 12.1. The Bertz CT molecular complexity index is 1150. The molecule has 1 saturated heterocycles. The van der Waals surface area contributed by atoms with E-state index in [1.54, 1.807) is 0 Å². The number of rotatable bonds is 5. The van der Waals surface area contributed by atoms with Crippen LogP contribution in [0, 0.1) is 12.8 Å². The van der Waals surface area contributed by atoms with Crippen molar-refractivity contribution in [2.75, 3.05) is 13.1 Å². The van der Waals surface area contributed by atoms with Gasteiger partial charge in [-0.3, -0.25) is 9.69 Å². The molecule has 1 fully saturated rings. The van der Waals surface area contributed by atoms with E-state index < -0.39 is 0 Å². The third-order valence-electron chi connectivity index (χ3n) is 6.76. The highest BCUT2D eigenvalue weighted by Crippen LogP contribution is 2.40. The van der Waals surface area contributed by atoms with Gasteiger partial charge in [0.05, 0.1) is 12.6 Å². The Labute approximate surface area is 200 Å². The molecule has 0 saturated carbocycles. The Hall–Kier alpha value is -3.19. The van der Waals surface area contributed by atoms with E-state index in [1.165, 1.54) is 5.56 Å². The van der Waals surface area contributed by atoms with Crippen LogP contribution in [-0.2, 0) is 11.3 Å². The number of benzene rings is 2. The van der Waals surface area contributed by atoms with Crippen molar-refractivity contribution in [3.8, 4) is 17.1 Å². The molecule has 1 aromatic heterocycles. The van der Waals surface area contributed by atoms with E-state index in [4.69, 9.17) is 9.26 Å². The number of carbonyl (C=O) groups is 1. The molecule has 2 aromatic carbocycles. The van der Waals surface area contributed by atoms with Crippen LogP contribution in [0.3, 0.4) is 0 Å². The number of nitrogens with zero attached hydrogens (tertiary/aromatic N) is 3. The summed E-state index contributed by atoms with van der Waals surface area (Å²) in [5.74, 6) is 2.24. The van der Waals surface area contributed by atoms with Gasteiger partial charge in [0.2, 0.25) is 17.6 Å². The number of carbonyl (C=O) groups excluding carboxylic acids is 1. The second-order valence-corrected chi connectivity index (χ2v) is 10.1. The van der Waals surface area contributed by atoms with Gasteiger partial charge in [-0.2, -0.15) is 4.98 Å². The predicted molar refractivity (Wildman–Crippen MR) is 129 cm³/mol. The highest BCUT2D eigenvalue weighted by molar-refractivity contribution is 5.79. The Balaban J connectivity index is 1.17. The van der Waals surface area contributed by atoms with Crippen LogP contribution in [-0.4, -0.2) is 39.6 Å². The fraction of sp³-hybridized carbons (Fsp3) is 0.444. The maximum Gasteiger partial charge on any atom is 0.241 e. The Morgan fingerprint density at radius 2 is 1.91 bits per heavy atom. The van der Waals surface area contributed by atoms with Gasteiger partial charge in [-0.25, -0.2) is 0 Å². The van der Waals surface area contributed by atoms with Crippen LogP contribution < -0.4 is 10.1 Å². The van der Waals surface area contributed by atoms with Gasteiger partial charge < -0.3 is 14.6 Å². The second-order valence-electron chi connectivity index (χ2n) is 10.1. The molecule has 2 aliphatic heterocycles. The van der Waals surface area contributed by atoms with Crippen LogP contribution in [0.1, 0.15) is 56.2 Å². The molecule has 3 heterocycles. The molecule has 0 bridgehead atoms. The van der Waals surface area contributed by atoms with Gasteiger partial charge in [0.25, 0.3) is 0 Å². The topological polar surface area (TPSA) is 80.5 Å². The van der Waals surface area contributed by atoms with E-state index in [0.29, 0.717) is 18.3 Å². The molecule has 7 nitrogen and oxygen atoms in total. The van der Waals surface area contributed by atoms with Crippen molar-refractivity contribution in [3.05, 3.63) is 65.5 Å². The minimum absolute atomic E-state index is 0.0121. The molecule has 178 valence electrons. The number of hydrogen-bond donors (Lipinski definition) is 1. The third-order valence-corrected chi connectivity index (χ3v) is 6.76. The third kappa shape index (κ3) is 4.99. The molecule has 34 heavy (non-hydrogen) atoms. The van der Waals surface area contributed by atoms with Crippen LogP contribution in [0.4, 0.5) is 0 Å². The molecule has 7 heteroatoms. The fourth-order valence-corrected chi connectivity index (χ4v) is 4.96. The number of hydrogen-bond acceptors (Lipinski definition) is 6. The number of aromatic nitrogens is 2. The monoisotopic (exact) mass is 460 g/mol. The molecule has 0 spiro atoms. The largest absolute Gasteiger partial charge is 0.487 e. The van der Waals surface area contributed by atoms with Gasteiger partial charge in [0, 0.05) is 23.5 Å². The van der Waals surface area contributed by atoms with E-state index in [2.05, 4.69) is 53.3 Å². The number of likely N-dealkylation sites (tertiary alicyclic amines) is 1. The average molecular weight is 461 g/mol. The Morgan fingerprint density at radius 1 is 1.15 bits per heavy atom. The summed E-state index contributed by atoms with van der Waals surface area (Å²) in [6, 6.07) is 16.0. The van der Waals surface area contributed by atoms with Gasteiger partial charge in [-0.05, 0) is 52.8 Å². The number of piperidine rings is 1. The van der Waals surface area contributed by atoms with Crippen LogP contribution >= 0.6 is 0 Å². The molecule has 1 atom stereocenters. The van der Waals surface area contributed by atoms with Gasteiger partial charge in [-0.1, -0.05) is 53.2 Å². The smallest absolute Gasteiger partial charge is 0.241 e. The molecular formula is C27H32N4O3. The van der Waals surface area contributed by atoms with Crippen molar-refractivity contribution in [1.29, 1.82) is 0 Å². The van der Waals surface area contributed by atoms with E-state index in [-0.39, 0.29) is 23.5 Å². The summed E-state index contributed by atoms with van der Waals surface area (Å²) in [5, 5.41) is 7.44. The molecule has 1 N–H and O–H groups in total. The maximum absolute atomic E-state index is 13.2. The molecule has 5 rings (SSSR count). The van der Waals surface area contributed by atoms with Gasteiger partial charge in [0.1, 0.15) is 11.4 Å². The van der Waals surface area contributed by atoms with Crippen LogP contribution in [0.25, 0.3) is 11.4 Å². The molecule has 0 aliphatic carbocycles. The number of nitrogens with one attached hydrogen (secondary N) is 1. The van der Waals surface area contributed by atoms with Gasteiger partial charge in [0.15, 0.2) is 0 Å². The molecule has 1 unspecified atom stereocenters. The lowest BCUT2D eigenvalue weighted by Crippen LogP contribution is -2.45. The van der Waals surface area contributed by atoms with Crippen molar-refractivity contribution in [3.63, 3.8) is 0 Å². The van der Waals surface area contributed by atoms with Crippen molar-refractivity contribution in [2.45, 2.75) is 58.2 Å². The molecule has 1 amide bonds. The number of ether oxygens (including phenoxy) is 1.